The Hall–Kier alpha value is -3.85. The van der Waals surface area contributed by atoms with Gasteiger partial charge in [0, 0.05) is 29.8 Å². The van der Waals surface area contributed by atoms with Crippen LogP contribution in [0.2, 0.25) is 0 Å². The molecule has 156 valence electrons. The number of nitrogens with one attached hydrogen (secondary N) is 1. The Morgan fingerprint density at radius 3 is 3.03 bits per heavy atom. The summed E-state index contributed by atoms with van der Waals surface area (Å²) >= 11 is 1.60. The molecule has 0 spiro atoms. The molecule has 4 aromatic rings. The lowest BCUT2D eigenvalue weighted by Gasteiger charge is -2.08. The Bertz CT molecular complexity index is 1190. The SMILES string of the molecule is Cc1nc(COc2cccc(/C=C/C(=O)NCc3cccnc3-n3cncn3)c2)cs1. The minimum atomic E-state index is -0.210. The predicted molar refractivity (Wildman–Crippen MR) is 118 cm³/mol. The van der Waals surface area contributed by atoms with Crippen molar-refractivity contribution in [3.05, 3.63) is 88.5 Å². The molecule has 1 amide bonds. The van der Waals surface area contributed by atoms with Gasteiger partial charge in [-0.15, -0.1) is 11.3 Å². The lowest BCUT2D eigenvalue weighted by Crippen LogP contribution is -2.21. The van der Waals surface area contributed by atoms with Gasteiger partial charge in [0.15, 0.2) is 5.82 Å². The number of rotatable bonds is 8. The normalized spacial score (nSPS) is 11.0. The number of aromatic nitrogens is 5. The monoisotopic (exact) mass is 432 g/mol. The third-order valence-corrected chi connectivity index (χ3v) is 5.12. The predicted octanol–water partition coefficient (Wildman–Crippen LogP) is 3.34. The number of aryl methyl sites for hydroxylation is 1. The summed E-state index contributed by atoms with van der Waals surface area (Å²) in [4.78, 5) is 24.9. The first-order valence-corrected chi connectivity index (χ1v) is 10.4. The smallest absolute Gasteiger partial charge is 0.244 e. The zero-order valence-electron chi connectivity index (χ0n) is 16.8. The van der Waals surface area contributed by atoms with Crippen molar-refractivity contribution < 1.29 is 9.53 Å². The van der Waals surface area contributed by atoms with Crippen molar-refractivity contribution >= 4 is 23.3 Å². The Morgan fingerprint density at radius 1 is 1.29 bits per heavy atom. The van der Waals surface area contributed by atoms with Crippen molar-refractivity contribution in [3.63, 3.8) is 0 Å². The highest BCUT2D eigenvalue weighted by Crippen LogP contribution is 2.17. The fraction of sp³-hybridized carbons (Fsp3) is 0.136. The minimum absolute atomic E-state index is 0.210. The van der Waals surface area contributed by atoms with E-state index < -0.39 is 0 Å². The number of thiazole rings is 1. The van der Waals surface area contributed by atoms with Crippen LogP contribution in [0.25, 0.3) is 11.9 Å². The number of amides is 1. The molecule has 0 aliphatic heterocycles. The molecule has 0 radical (unpaired) electrons. The third kappa shape index (κ3) is 5.61. The molecule has 0 aliphatic carbocycles. The Balaban J connectivity index is 1.33. The van der Waals surface area contributed by atoms with Crippen LogP contribution < -0.4 is 10.1 Å². The number of hydrogen-bond acceptors (Lipinski definition) is 7. The van der Waals surface area contributed by atoms with Gasteiger partial charge in [0.1, 0.15) is 25.0 Å². The average molecular weight is 433 g/mol. The molecule has 1 aromatic carbocycles. The number of carbonyl (C=O) groups excluding carboxylic acids is 1. The second-order valence-corrected chi connectivity index (χ2v) is 7.66. The molecule has 0 fully saturated rings. The van der Waals surface area contributed by atoms with Crippen LogP contribution in [0, 0.1) is 6.92 Å². The first-order chi connectivity index (χ1) is 15.2. The van der Waals surface area contributed by atoms with E-state index in [1.807, 2.05) is 48.7 Å². The Morgan fingerprint density at radius 2 is 2.23 bits per heavy atom. The van der Waals surface area contributed by atoms with Gasteiger partial charge in [-0.05, 0) is 36.8 Å². The molecule has 0 atom stereocenters. The van der Waals surface area contributed by atoms with Gasteiger partial charge < -0.3 is 10.1 Å². The zero-order chi connectivity index (χ0) is 21.5. The van der Waals surface area contributed by atoms with Crippen LogP contribution in [0.1, 0.15) is 21.8 Å². The lowest BCUT2D eigenvalue weighted by atomic mass is 10.2. The van der Waals surface area contributed by atoms with E-state index in [4.69, 9.17) is 4.74 Å². The van der Waals surface area contributed by atoms with Gasteiger partial charge in [0.05, 0.1) is 10.7 Å². The molecule has 4 rings (SSSR count). The number of carbonyl (C=O) groups is 1. The van der Waals surface area contributed by atoms with Crippen LogP contribution in [-0.2, 0) is 17.9 Å². The van der Waals surface area contributed by atoms with Crippen LogP contribution >= 0.6 is 11.3 Å². The van der Waals surface area contributed by atoms with Crippen molar-refractivity contribution in [2.45, 2.75) is 20.1 Å². The second kappa shape index (κ2) is 9.77. The summed E-state index contributed by atoms with van der Waals surface area (Å²) in [7, 11) is 0. The summed E-state index contributed by atoms with van der Waals surface area (Å²) in [6, 6.07) is 11.3. The summed E-state index contributed by atoms with van der Waals surface area (Å²) in [5.74, 6) is 1.14. The van der Waals surface area contributed by atoms with Crippen molar-refractivity contribution in [2.75, 3.05) is 0 Å². The first kappa shape index (κ1) is 20.4. The highest BCUT2D eigenvalue weighted by molar-refractivity contribution is 7.09. The quantitative estimate of drug-likeness (QED) is 0.429. The molecule has 0 aliphatic rings. The molecule has 0 saturated carbocycles. The average Bonchev–Trinajstić information content (AvgIpc) is 3.47. The molecule has 3 aromatic heterocycles. The zero-order valence-corrected chi connectivity index (χ0v) is 17.6. The van der Waals surface area contributed by atoms with Gasteiger partial charge in [-0.1, -0.05) is 18.2 Å². The van der Waals surface area contributed by atoms with Crippen LogP contribution in [0.15, 0.2) is 66.7 Å². The van der Waals surface area contributed by atoms with E-state index in [1.165, 1.54) is 12.4 Å². The van der Waals surface area contributed by atoms with Crippen LogP contribution in [0.4, 0.5) is 0 Å². The molecule has 8 nitrogen and oxygen atoms in total. The molecule has 31 heavy (non-hydrogen) atoms. The molecule has 0 bridgehead atoms. The molecule has 9 heteroatoms. The third-order valence-electron chi connectivity index (χ3n) is 4.29. The van der Waals surface area contributed by atoms with E-state index in [1.54, 1.807) is 34.6 Å². The molecule has 3 heterocycles. The van der Waals surface area contributed by atoms with E-state index in [2.05, 4.69) is 25.4 Å². The number of benzene rings is 1. The maximum atomic E-state index is 12.3. The molecule has 0 unspecified atom stereocenters. The Kier molecular flexibility index (Phi) is 6.44. The Labute approximate surface area is 183 Å². The van der Waals surface area contributed by atoms with Gasteiger partial charge in [0.2, 0.25) is 5.91 Å². The summed E-state index contributed by atoms with van der Waals surface area (Å²) in [5.41, 5.74) is 2.61. The topological polar surface area (TPSA) is 94.8 Å². The van der Waals surface area contributed by atoms with Crippen LogP contribution in [0.5, 0.6) is 5.75 Å². The minimum Gasteiger partial charge on any atom is -0.487 e. The van der Waals surface area contributed by atoms with Gasteiger partial charge in [-0.2, -0.15) is 5.10 Å². The highest BCUT2D eigenvalue weighted by Gasteiger charge is 2.07. The summed E-state index contributed by atoms with van der Waals surface area (Å²) < 4.78 is 7.36. The number of hydrogen-bond donors (Lipinski definition) is 1. The second-order valence-electron chi connectivity index (χ2n) is 6.60. The van der Waals surface area contributed by atoms with E-state index in [9.17, 15) is 4.79 Å². The maximum Gasteiger partial charge on any atom is 0.244 e. The molecule has 1 N–H and O–H groups in total. The van der Waals surface area contributed by atoms with Crippen LogP contribution in [-0.4, -0.2) is 30.6 Å². The maximum absolute atomic E-state index is 12.3. The van der Waals surface area contributed by atoms with Gasteiger partial charge >= 0.3 is 0 Å². The molecule has 0 saturated heterocycles. The van der Waals surface area contributed by atoms with Gasteiger partial charge in [0.25, 0.3) is 0 Å². The number of nitrogens with zero attached hydrogens (tertiary/aromatic N) is 5. The molecular formula is C22H20N6O2S. The lowest BCUT2D eigenvalue weighted by molar-refractivity contribution is -0.116. The summed E-state index contributed by atoms with van der Waals surface area (Å²) in [6.45, 7) is 2.70. The fourth-order valence-corrected chi connectivity index (χ4v) is 3.44. The number of pyridine rings is 1. The van der Waals surface area contributed by atoms with Crippen molar-refractivity contribution in [1.29, 1.82) is 0 Å². The summed E-state index contributed by atoms with van der Waals surface area (Å²) in [6.07, 6.45) is 7.92. The van der Waals surface area contributed by atoms with E-state index >= 15 is 0 Å². The van der Waals surface area contributed by atoms with Crippen molar-refractivity contribution in [2.24, 2.45) is 0 Å². The van der Waals surface area contributed by atoms with E-state index in [-0.39, 0.29) is 5.91 Å². The standard InChI is InChI=1S/C22H20N6O2S/c1-16-27-19(13-31-16)12-30-20-6-2-4-17(10-20)7-8-21(29)25-11-18-5-3-9-24-22(18)28-15-23-14-26-28/h2-10,13-15H,11-12H2,1H3,(H,25,29)/b8-7+. The van der Waals surface area contributed by atoms with Gasteiger partial charge in [-0.25, -0.2) is 19.6 Å². The van der Waals surface area contributed by atoms with E-state index in [0.717, 1.165) is 27.6 Å². The fourth-order valence-electron chi connectivity index (χ4n) is 2.85. The van der Waals surface area contributed by atoms with Crippen molar-refractivity contribution in [1.82, 2.24) is 30.0 Å². The van der Waals surface area contributed by atoms with E-state index in [0.29, 0.717) is 19.0 Å². The van der Waals surface area contributed by atoms with Crippen molar-refractivity contribution in [3.8, 4) is 11.6 Å². The first-order valence-electron chi connectivity index (χ1n) is 9.56. The summed E-state index contributed by atoms with van der Waals surface area (Å²) in [5, 5.41) is 9.97. The highest BCUT2D eigenvalue weighted by atomic mass is 32.1. The van der Waals surface area contributed by atoms with Crippen LogP contribution in [0.3, 0.4) is 0 Å². The number of ether oxygens (including phenoxy) is 1. The molecular weight excluding hydrogens is 412 g/mol. The van der Waals surface area contributed by atoms with Gasteiger partial charge in [-0.3, -0.25) is 4.79 Å². The largest absolute Gasteiger partial charge is 0.487 e.